The molecule has 1 heterocycles. The van der Waals surface area contributed by atoms with Crippen molar-refractivity contribution in [3.63, 3.8) is 0 Å². The van der Waals surface area contributed by atoms with Gasteiger partial charge in [-0.15, -0.1) is 0 Å². The van der Waals surface area contributed by atoms with E-state index >= 15 is 0 Å². The van der Waals surface area contributed by atoms with Gasteiger partial charge in [-0.25, -0.2) is 4.79 Å². The molecule has 1 saturated heterocycles. The molecular formula is C17H25N3O3. The second-order valence-corrected chi connectivity index (χ2v) is 6.76. The molecule has 6 nitrogen and oxygen atoms in total. The zero-order valence-electron chi connectivity index (χ0n) is 14.4. The Morgan fingerprint density at radius 2 is 1.91 bits per heavy atom. The average molecular weight is 319 g/mol. The van der Waals surface area contributed by atoms with Crippen molar-refractivity contribution < 1.29 is 14.3 Å². The summed E-state index contributed by atoms with van der Waals surface area (Å²) in [6.45, 7) is 8.33. The lowest BCUT2D eigenvalue weighted by Crippen LogP contribution is -2.44. The third-order valence-electron chi connectivity index (χ3n) is 4.13. The maximum atomic E-state index is 12.2. The first-order chi connectivity index (χ1) is 10.7. The number of carbonyl (C=O) groups excluding carboxylic acids is 2. The zero-order valence-corrected chi connectivity index (χ0v) is 14.4. The van der Waals surface area contributed by atoms with E-state index in [2.05, 4.69) is 10.6 Å². The van der Waals surface area contributed by atoms with E-state index in [0.29, 0.717) is 13.1 Å². The van der Waals surface area contributed by atoms with Crippen molar-refractivity contribution in [1.29, 1.82) is 0 Å². The van der Waals surface area contributed by atoms with Crippen LogP contribution < -0.4 is 15.4 Å². The molecule has 126 valence electrons. The molecule has 0 aromatic heterocycles. The fourth-order valence-corrected chi connectivity index (χ4v) is 2.76. The molecule has 6 heteroatoms. The lowest BCUT2D eigenvalue weighted by atomic mass is 9.93. The standard InChI is InChI=1S/C17H25N3O3/c1-16(2,12-8-6-7-9-13(12)23-5)18-10-11-20-14(21)17(3,4)19-15(20)22/h6-9,18H,10-11H2,1-5H3,(H,19,22). The third-order valence-corrected chi connectivity index (χ3v) is 4.13. The van der Waals surface area contributed by atoms with Crippen LogP contribution in [0.4, 0.5) is 4.79 Å². The van der Waals surface area contributed by atoms with Crippen molar-refractivity contribution in [3.8, 4) is 5.75 Å². The fourth-order valence-electron chi connectivity index (χ4n) is 2.76. The molecule has 3 amide bonds. The molecule has 0 bridgehead atoms. The van der Waals surface area contributed by atoms with Crippen molar-refractivity contribution in [2.45, 2.75) is 38.8 Å². The number of nitrogens with zero attached hydrogens (tertiary/aromatic N) is 1. The van der Waals surface area contributed by atoms with Crippen molar-refractivity contribution >= 4 is 11.9 Å². The highest BCUT2D eigenvalue weighted by molar-refractivity contribution is 6.06. The Morgan fingerprint density at radius 1 is 1.26 bits per heavy atom. The highest BCUT2D eigenvalue weighted by Gasteiger charge is 2.43. The number of urea groups is 1. The summed E-state index contributed by atoms with van der Waals surface area (Å²) in [4.78, 5) is 25.3. The molecule has 0 radical (unpaired) electrons. The second kappa shape index (κ2) is 6.20. The number of para-hydroxylation sites is 1. The lowest BCUT2D eigenvalue weighted by molar-refractivity contribution is -0.130. The van der Waals surface area contributed by atoms with E-state index in [-0.39, 0.29) is 17.5 Å². The van der Waals surface area contributed by atoms with Crippen LogP contribution in [0.25, 0.3) is 0 Å². The number of carbonyl (C=O) groups is 2. The minimum absolute atomic E-state index is 0.195. The fraction of sp³-hybridized carbons (Fsp3) is 0.529. The molecule has 0 atom stereocenters. The first kappa shape index (κ1) is 17.3. The molecule has 1 aliphatic heterocycles. The van der Waals surface area contributed by atoms with Crippen LogP contribution in [0.5, 0.6) is 5.75 Å². The largest absolute Gasteiger partial charge is 0.496 e. The summed E-state index contributed by atoms with van der Waals surface area (Å²) in [5, 5.41) is 6.07. The Labute approximate surface area is 137 Å². The van der Waals surface area contributed by atoms with Crippen LogP contribution in [0.2, 0.25) is 0 Å². The van der Waals surface area contributed by atoms with E-state index in [1.54, 1.807) is 21.0 Å². The Kier molecular flexibility index (Phi) is 4.66. The van der Waals surface area contributed by atoms with Gasteiger partial charge in [-0.1, -0.05) is 18.2 Å². The van der Waals surface area contributed by atoms with Gasteiger partial charge in [-0.05, 0) is 33.8 Å². The maximum Gasteiger partial charge on any atom is 0.325 e. The van der Waals surface area contributed by atoms with Crippen LogP contribution in [0, 0.1) is 0 Å². The van der Waals surface area contributed by atoms with Gasteiger partial charge in [-0.3, -0.25) is 9.69 Å². The number of methoxy groups -OCH3 is 1. The maximum absolute atomic E-state index is 12.2. The van der Waals surface area contributed by atoms with E-state index in [1.807, 2.05) is 38.1 Å². The van der Waals surface area contributed by atoms with E-state index in [1.165, 1.54) is 4.90 Å². The molecule has 1 aliphatic rings. The molecule has 1 fully saturated rings. The highest BCUT2D eigenvalue weighted by Crippen LogP contribution is 2.29. The molecule has 0 aliphatic carbocycles. The van der Waals surface area contributed by atoms with Crippen molar-refractivity contribution in [3.05, 3.63) is 29.8 Å². The smallest absolute Gasteiger partial charge is 0.325 e. The Hall–Kier alpha value is -2.08. The molecule has 1 aromatic rings. The first-order valence-electron chi connectivity index (χ1n) is 7.71. The van der Waals surface area contributed by atoms with Gasteiger partial charge in [0.05, 0.1) is 7.11 Å². The molecule has 0 unspecified atom stereocenters. The normalized spacial score (nSPS) is 17.3. The van der Waals surface area contributed by atoms with Crippen LogP contribution in [-0.2, 0) is 10.3 Å². The third kappa shape index (κ3) is 3.47. The van der Waals surface area contributed by atoms with Gasteiger partial charge in [0.15, 0.2) is 0 Å². The average Bonchev–Trinajstić information content (AvgIpc) is 2.68. The molecule has 0 saturated carbocycles. The lowest BCUT2D eigenvalue weighted by Gasteiger charge is -2.29. The Morgan fingerprint density at radius 3 is 2.48 bits per heavy atom. The summed E-state index contributed by atoms with van der Waals surface area (Å²) >= 11 is 0. The number of rotatable bonds is 6. The number of nitrogens with one attached hydrogen (secondary N) is 2. The molecule has 23 heavy (non-hydrogen) atoms. The summed E-state index contributed by atoms with van der Waals surface area (Å²) in [6, 6.07) is 7.47. The van der Waals surface area contributed by atoms with Crippen LogP contribution in [0.15, 0.2) is 24.3 Å². The number of hydrogen-bond donors (Lipinski definition) is 2. The van der Waals surface area contributed by atoms with Gasteiger partial charge in [0.25, 0.3) is 5.91 Å². The summed E-state index contributed by atoms with van der Waals surface area (Å²) in [5.74, 6) is 0.612. The van der Waals surface area contributed by atoms with Gasteiger partial charge >= 0.3 is 6.03 Å². The second-order valence-electron chi connectivity index (χ2n) is 6.76. The number of imide groups is 1. The van der Waals surface area contributed by atoms with Crippen LogP contribution >= 0.6 is 0 Å². The zero-order chi connectivity index (χ0) is 17.3. The number of ether oxygens (including phenoxy) is 1. The number of amides is 3. The quantitative estimate of drug-likeness (QED) is 0.785. The number of benzene rings is 1. The Bertz CT molecular complexity index is 611. The minimum Gasteiger partial charge on any atom is -0.496 e. The van der Waals surface area contributed by atoms with Crippen LogP contribution in [0.1, 0.15) is 33.3 Å². The Balaban J connectivity index is 2.00. The first-order valence-corrected chi connectivity index (χ1v) is 7.71. The predicted octanol–water partition coefficient (Wildman–Crippen LogP) is 1.85. The van der Waals surface area contributed by atoms with Crippen molar-refractivity contribution in [1.82, 2.24) is 15.5 Å². The molecule has 2 rings (SSSR count). The van der Waals surface area contributed by atoms with Gasteiger partial charge in [-0.2, -0.15) is 0 Å². The molecular weight excluding hydrogens is 294 g/mol. The van der Waals surface area contributed by atoms with E-state index in [0.717, 1.165) is 11.3 Å². The molecule has 0 spiro atoms. The monoisotopic (exact) mass is 319 g/mol. The van der Waals surface area contributed by atoms with E-state index in [9.17, 15) is 9.59 Å². The SMILES string of the molecule is COc1ccccc1C(C)(C)NCCN1C(=O)NC(C)(C)C1=O. The van der Waals surface area contributed by atoms with Gasteiger partial charge in [0.2, 0.25) is 0 Å². The number of hydrogen-bond acceptors (Lipinski definition) is 4. The molecule has 2 N–H and O–H groups in total. The minimum atomic E-state index is -0.824. The van der Waals surface area contributed by atoms with Gasteiger partial charge < -0.3 is 15.4 Å². The van der Waals surface area contributed by atoms with Crippen molar-refractivity contribution in [2.24, 2.45) is 0 Å². The van der Waals surface area contributed by atoms with Gasteiger partial charge in [0.1, 0.15) is 11.3 Å². The topological polar surface area (TPSA) is 70.7 Å². The van der Waals surface area contributed by atoms with E-state index in [4.69, 9.17) is 4.74 Å². The van der Waals surface area contributed by atoms with Crippen molar-refractivity contribution in [2.75, 3.05) is 20.2 Å². The van der Waals surface area contributed by atoms with Crippen LogP contribution in [0.3, 0.4) is 0 Å². The predicted molar refractivity (Wildman–Crippen MR) is 88.3 cm³/mol. The van der Waals surface area contributed by atoms with Gasteiger partial charge in [0, 0.05) is 24.2 Å². The molecule has 1 aromatic carbocycles. The summed E-state index contributed by atoms with van der Waals surface area (Å²) < 4.78 is 5.40. The van der Waals surface area contributed by atoms with Crippen LogP contribution in [-0.4, -0.2) is 42.6 Å². The van der Waals surface area contributed by atoms with E-state index < -0.39 is 5.54 Å². The highest BCUT2D eigenvalue weighted by atomic mass is 16.5. The summed E-state index contributed by atoms with van der Waals surface area (Å²) in [6.07, 6.45) is 0. The summed E-state index contributed by atoms with van der Waals surface area (Å²) in [7, 11) is 1.64. The summed E-state index contributed by atoms with van der Waals surface area (Å²) in [5.41, 5.74) is -0.142.